The van der Waals surface area contributed by atoms with Crippen molar-refractivity contribution in [3.05, 3.63) is 84.5 Å². The molecule has 0 bridgehead atoms. The number of methoxy groups -OCH3 is 1. The molecule has 1 N–H and O–H groups in total. The van der Waals surface area contributed by atoms with Gasteiger partial charge in [-0.1, -0.05) is 12.1 Å². The lowest BCUT2D eigenvalue weighted by Crippen LogP contribution is -2.27. The number of carbonyl (C=O) groups is 1. The summed E-state index contributed by atoms with van der Waals surface area (Å²) < 4.78 is 38.1. The highest BCUT2D eigenvalue weighted by Crippen LogP contribution is 2.28. The van der Waals surface area contributed by atoms with Gasteiger partial charge in [0.15, 0.2) is 0 Å². The molecule has 0 saturated carbocycles. The first kappa shape index (κ1) is 24.4. The molecule has 3 aromatic heterocycles. The maximum atomic E-state index is 13.8. The van der Waals surface area contributed by atoms with Crippen molar-refractivity contribution in [2.24, 2.45) is 0 Å². The summed E-state index contributed by atoms with van der Waals surface area (Å²) >= 11 is 0. The smallest absolute Gasteiger partial charge is 0.243 e. The largest absolute Gasteiger partial charge is 0.481 e. The topological polar surface area (TPSA) is 99.2 Å². The minimum absolute atomic E-state index is 0.0220. The SMILES string of the molecule is COc1nc(-c2ccc(S(C)=O)cc2)ccc1CNC(=O)Cn1c(-c2ncco2)cc2cc(F)ccc21. The van der Waals surface area contributed by atoms with Crippen LogP contribution in [-0.4, -0.2) is 38.0 Å². The average Bonchev–Trinajstić information content (AvgIpc) is 3.55. The van der Waals surface area contributed by atoms with Gasteiger partial charge in [0.25, 0.3) is 0 Å². The molecule has 1 amide bonds. The number of ether oxygens (including phenoxy) is 1. The fourth-order valence-corrected chi connectivity index (χ4v) is 4.61. The Morgan fingerprint density at radius 1 is 1.14 bits per heavy atom. The number of fused-ring (bicyclic) bond motifs is 1. The van der Waals surface area contributed by atoms with Crippen LogP contribution in [0.5, 0.6) is 5.88 Å². The molecule has 0 aliphatic rings. The number of amides is 1. The first-order chi connectivity index (χ1) is 17.9. The van der Waals surface area contributed by atoms with E-state index in [-0.39, 0.29) is 24.8 Å². The summed E-state index contributed by atoms with van der Waals surface area (Å²) in [4.78, 5) is 22.4. The van der Waals surface area contributed by atoms with Gasteiger partial charge in [-0.2, -0.15) is 0 Å². The molecule has 1 atom stereocenters. The minimum Gasteiger partial charge on any atom is -0.481 e. The van der Waals surface area contributed by atoms with Gasteiger partial charge in [-0.15, -0.1) is 0 Å². The predicted molar refractivity (Wildman–Crippen MR) is 138 cm³/mol. The highest BCUT2D eigenvalue weighted by molar-refractivity contribution is 7.84. The third-order valence-corrected chi connectivity index (χ3v) is 6.84. The maximum absolute atomic E-state index is 13.8. The number of hydrogen-bond donors (Lipinski definition) is 1. The van der Waals surface area contributed by atoms with Crippen LogP contribution in [0.2, 0.25) is 0 Å². The molecule has 0 fully saturated rings. The summed E-state index contributed by atoms with van der Waals surface area (Å²) in [6, 6.07) is 17.1. The third kappa shape index (κ3) is 5.14. The van der Waals surface area contributed by atoms with Gasteiger partial charge in [0.1, 0.15) is 24.3 Å². The molecule has 10 heteroatoms. The number of halogens is 1. The molecule has 37 heavy (non-hydrogen) atoms. The molecule has 2 aromatic carbocycles. The van der Waals surface area contributed by atoms with Crippen LogP contribution in [0.15, 0.2) is 82.4 Å². The number of nitrogens with zero attached hydrogens (tertiary/aromatic N) is 3. The van der Waals surface area contributed by atoms with Crippen LogP contribution in [0.25, 0.3) is 33.7 Å². The summed E-state index contributed by atoms with van der Waals surface area (Å²) in [5.41, 5.74) is 3.52. The molecular formula is C27H23FN4O4S. The van der Waals surface area contributed by atoms with Gasteiger partial charge in [0, 0.05) is 50.5 Å². The predicted octanol–water partition coefficient (Wildman–Crippen LogP) is 4.56. The van der Waals surface area contributed by atoms with Gasteiger partial charge in [-0.3, -0.25) is 9.00 Å². The Balaban J connectivity index is 1.33. The number of aromatic nitrogens is 3. The molecule has 3 heterocycles. The van der Waals surface area contributed by atoms with Crippen molar-refractivity contribution < 1.29 is 22.5 Å². The Bertz CT molecular complexity index is 1600. The monoisotopic (exact) mass is 518 g/mol. The highest BCUT2D eigenvalue weighted by Gasteiger charge is 2.17. The molecular weight excluding hydrogens is 495 g/mol. The van der Waals surface area contributed by atoms with Crippen LogP contribution in [0.3, 0.4) is 0 Å². The molecule has 8 nitrogen and oxygen atoms in total. The Morgan fingerprint density at radius 3 is 2.65 bits per heavy atom. The minimum atomic E-state index is -1.05. The summed E-state index contributed by atoms with van der Waals surface area (Å²) in [5.74, 6) is 0.101. The summed E-state index contributed by atoms with van der Waals surface area (Å²) in [5, 5.41) is 3.54. The Kier molecular flexibility index (Phi) is 6.82. The fraction of sp³-hybridized carbons (Fsp3) is 0.148. The first-order valence-electron chi connectivity index (χ1n) is 11.4. The number of nitrogens with one attached hydrogen (secondary N) is 1. The van der Waals surface area contributed by atoms with Crippen molar-refractivity contribution >= 4 is 27.6 Å². The molecule has 5 rings (SSSR count). The number of benzene rings is 2. The first-order valence-corrected chi connectivity index (χ1v) is 12.9. The quantitative estimate of drug-likeness (QED) is 0.323. The number of oxazole rings is 1. The normalized spacial score (nSPS) is 12.0. The third-order valence-electron chi connectivity index (χ3n) is 5.91. The summed E-state index contributed by atoms with van der Waals surface area (Å²) in [7, 11) is 0.468. The highest BCUT2D eigenvalue weighted by atomic mass is 32.2. The lowest BCUT2D eigenvalue weighted by molar-refractivity contribution is -0.121. The molecule has 0 radical (unpaired) electrons. The van der Waals surface area contributed by atoms with Gasteiger partial charge in [-0.25, -0.2) is 14.4 Å². The van der Waals surface area contributed by atoms with Crippen molar-refractivity contribution in [1.29, 1.82) is 0 Å². The Morgan fingerprint density at radius 2 is 1.95 bits per heavy atom. The van der Waals surface area contributed by atoms with E-state index >= 15 is 0 Å². The average molecular weight is 519 g/mol. The zero-order chi connectivity index (χ0) is 25.9. The zero-order valence-electron chi connectivity index (χ0n) is 20.1. The fourth-order valence-electron chi connectivity index (χ4n) is 4.09. The van der Waals surface area contributed by atoms with E-state index in [1.807, 2.05) is 24.3 Å². The summed E-state index contributed by atoms with van der Waals surface area (Å²) in [6.07, 6.45) is 4.59. The van der Waals surface area contributed by atoms with Gasteiger partial charge in [-0.05, 0) is 48.5 Å². The molecule has 5 aromatic rings. The second-order valence-corrected chi connectivity index (χ2v) is 9.66. The molecule has 0 spiro atoms. The van der Waals surface area contributed by atoms with Crippen molar-refractivity contribution in [2.75, 3.05) is 13.4 Å². The van der Waals surface area contributed by atoms with Crippen LogP contribution in [-0.2, 0) is 28.7 Å². The maximum Gasteiger partial charge on any atom is 0.243 e. The van der Waals surface area contributed by atoms with E-state index in [2.05, 4.69) is 15.3 Å². The number of rotatable bonds is 8. The second-order valence-electron chi connectivity index (χ2n) is 8.28. The van der Waals surface area contributed by atoms with E-state index in [0.29, 0.717) is 39.6 Å². The van der Waals surface area contributed by atoms with Crippen LogP contribution in [0, 0.1) is 5.82 Å². The lowest BCUT2D eigenvalue weighted by atomic mass is 10.1. The number of hydrogen-bond acceptors (Lipinski definition) is 6. The van der Waals surface area contributed by atoms with Crippen molar-refractivity contribution in [1.82, 2.24) is 19.9 Å². The molecule has 0 aliphatic carbocycles. The van der Waals surface area contributed by atoms with E-state index in [1.54, 1.807) is 35.1 Å². The zero-order valence-corrected chi connectivity index (χ0v) is 20.9. The van der Waals surface area contributed by atoms with Crippen LogP contribution < -0.4 is 10.1 Å². The standard InChI is InChI=1S/C27H23FN4O4S/c1-35-26-18(5-9-22(31-26)17-3-7-21(8-4-17)37(2)34)15-30-25(33)16-32-23-10-6-20(28)13-19(23)14-24(32)27-29-11-12-36-27/h3-14H,15-16H2,1-2H3,(H,30,33). The van der Waals surface area contributed by atoms with E-state index in [1.165, 1.54) is 31.7 Å². The Labute approximate surface area is 214 Å². The van der Waals surface area contributed by atoms with E-state index in [4.69, 9.17) is 9.15 Å². The van der Waals surface area contributed by atoms with E-state index < -0.39 is 10.8 Å². The van der Waals surface area contributed by atoms with Gasteiger partial charge >= 0.3 is 0 Å². The van der Waals surface area contributed by atoms with Crippen LogP contribution >= 0.6 is 0 Å². The van der Waals surface area contributed by atoms with Gasteiger partial charge in [0.2, 0.25) is 17.7 Å². The molecule has 0 saturated heterocycles. The number of carbonyl (C=O) groups excluding carboxylic acids is 1. The van der Waals surface area contributed by atoms with Crippen LogP contribution in [0.1, 0.15) is 5.56 Å². The molecule has 0 aliphatic heterocycles. The van der Waals surface area contributed by atoms with E-state index in [9.17, 15) is 13.4 Å². The van der Waals surface area contributed by atoms with Gasteiger partial charge < -0.3 is 19.0 Å². The van der Waals surface area contributed by atoms with Crippen molar-refractivity contribution in [3.63, 3.8) is 0 Å². The Hall–Kier alpha value is -4.31. The molecule has 1 unspecified atom stereocenters. The molecule has 188 valence electrons. The van der Waals surface area contributed by atoms with Crippen molar-refractivity contribution in [2.45, 2.75) is 18.0 Å². The second kappa shape index (κ2) is 10.4. The number of pyridine rings is 1. The lowest BCUT2D eigenvalue weighted by Gasteiger charge is -2.13. The van der Waals surface area contributed by atoms with Crippen LogP contribution in [0.4, 0.5) is 4.39 Å². The van der Waals surface area contributed by atoms with Crippen molar-refractivity contribution in [3.8, 4) is 28.7 Å². The van der Waals surface area contributed by atoms with E-state index in [0.717, 1.165) is 10.5 Å². The van der Waals surface area contributed by atoms with Gasteiger partial charge in [0.05, 0.1) is 19.0 Å². The summed E-state index contributed by atoms with van der Waals surface area (Å²) in [6.45, 7) is 0.178.